The van der Waals surface area contributed by atoms with Crippen LogP contribution in [0.1, 0.15) is 46.1 Å². The zero-order valence-corrected chi connectivity index (χ0v) is 26.9. The second-order valence-electron chi connectivity index (χ2n) is 12.4. The molecule has 0 aliphatic carbocycles. The van der Waals surface area contributed by atoms with Gasteiger partial charge in [0.25, 0.3) is 5.91 Å². The number of aromatic hydroxyl groups is 1. The molecule has 6 aromatic rings. The summed E-state index contributed by atoms with van der Waals surface area (Å²) in [5.74, 6) is -0.629. The molecular weight excluding hydrogens is 619 g/mol. The monoisotopic (exact) mass is 654 g/mol. The third kappa shape index (κ3) is 6.99. The van der Waals surface area contributed by atoms with E-state index >= 15 is 0 Å². The van der Waals surface area contributed by atoms with Crippen LogP contribution in [0.5, 0.6) is 5.75 Å². The topological polar surface area (TPSA) is 123 Å². The van der Waals surface area contributed by atoms with Gasteiger partial charge >= 0.3 is 0 Å². The first-order valence-corrected chi connectivity index (χ1v) is 16.2. The van der Waals surface area contributed by atoms with E-state index in [1.54, 1.807) is 24.5 Å². The number of phenols is 1. The van der Waals surface area contributed by atoms with Crippen molar-refractivity contribution in [1.29, 1.82) is 0 Å². The van der Waals surface area contributed by atoms with Crippen LogP contribution in [0.2, 0.25) is 0 Å². The minimum absolute atomic E-state index is 0.0390. The van der Waals surface area contributed by atoms with Crippen molar-refractivity contribution in [3.8, 4) is 17.1 Å². The minimum atomic E-state index is -0.858. The van der Waals surface area contributed by atoms with E-state index in [4.69, 9.17) is 0 Å². The molecule has 4 N–H and O–H groups in total. The van der Waals surface area contributed by atoms with E-state index in [2.05, 4.69) is 30.5 Å². The zero-order chi connectivity index (χ0) is 33.9. The van der Waals surface area contributed by atoms with Crippen molar-refractivity contribution in [2.75, 3.05) is 23.3 Å². The van der Waals surface area contributed by atoms with Crippen LogP contribution >= 0.6 is 0 Å². The van der Waals surface area contributed by atoms with Gasteiger partial charge in [-0.05, 0) is 91.4 Å². The van der Waals surface area contributed by atoms with Crippen LogP contribution in [-0.2, 0) is 4.79 Å². The average molecular weight is 655 g/mol. The van der Waals surface area contributed by atoms with Gasteiger partial charge < -0.3 is 25.6 Å². The van der Waals surface area contributed by atoms with Crippen molar-refractivity contribution in [2.24, 2.45) is 5.92 Å². The molecule has 7 rings (SSSR count). The van der Waals surface area contributed by atoms with Crippen molar-refractivity contribution in [3.05, 3.63) is 138 Å². The highest BCUT2D eigenvalue weighted by molar-refractivity contribution is 5.96. The molecule has 10 heteroatoms. The predicted molar refractivity (Wildman–Crippen MR) is 188 cm³/mol. The van der Waals surface area contributed by atoms with Crippen LogP contribution < -0.4 is 15.5 Å². The Bertz CT molecular complexity index is 2090. The van der Waals surface area contributed by atoms with Crippen LogP contribution in [-0.4, -0.2) is 45.0 Å². The lowest BCUT2D eigenvalue weighted by atomic mass is 9.95. The first-order valence-electron chi connectivity index (χ1n) is 16.2. The number of benzene rings is 4. The van der Waals surface area contributed by atoms with E-state index in [1.807, 2.05) is 73.7 Å². The molecule has 2 aromatic heterocycles. The number of aromatic amines is 1. The number of nitrogens with zero attached hydrogens (tertiary/aromatic N) is 3. The van der Waals surface area contributed by atoms with E-state index in [-0.39, 0.29) is 23.1 Å². The summed E-state index contributed by atoms with van der Waals surface area (Å²) >= 11 is 0. The van der Waals surface area contributed by atoms with Crippen LogP contribution in [0, 0.1) is 18.7 Å². The maximum Gasteiger partial charge on any atom is 0.252 e. The molecule has 0 spiro atoms. The molecule has 0 radical (unpaired) electrons. The number of phenolic OH excluding ortho intramolecular Hbond substituents is 1. The van der Waals surface area contributed by atoms with Crippen LogP contribution in [0.3, 0.4) is 0 Å². The second-order valence-corrected chi connectivity index (χ2v) is 12.4. The number of halogens is 1. The Hall–Kier alpha value is -6.03. The van der Waals surface area contributed by atoms with Crippen molar-refractivity contribution in [3.63, 3.8) is 0 Å². The fourth-order valence-corrected chi connectivity index (χ4v) is 6.39. The van der Waals surface area contributed by atoms with Crippen LogP contribution in [0.25, 0.3) is 22.3 Å². The Morgan fingerprint density at radius 1 is 0.918 bits per heavy atom. The lowest BCUT2D eigenvalue weighted by Crippen LogP contribution is -2.38. The van der Waals surface area contributed by atoms with Gasteiger partial charge in [0.2, 0.25) is 5.91 Å². The smallest absolute Gasteiger partial charge is 0.252 e. The normalized spacial score (nSPS) is 14.0. The van der Waals surface area contributed by atoms with E-state index in [9.17, 15) is 19.1 Å². The molecule has 49 heavy (non-hydrogen) atoms. The molecule has 1 fully saturated rings. The molecule has 1 saturated heterocycles. The summed E-state index contributed by atoms with van der Waals surface area (Å²) in [4.78, 5) is 41.3. The van der Waals surface area contributed by atoms with Crippen molar-refractivity contribution >= 4 is 34.1 Å². The average Bonchev–Trinajstić information content (AvgIpc) is 3.56. The van der Waals surface area contributed by atoms with Gasteiger partial charge in [0, 0.05) is 52.6 Å². The molecule has 0 bridgehead atoms. The largest absolute Gasteiger partial charge is 0.508 e. The van der Waals surface area contributed by atoms with Gasteiger partial charge in [-0.1, -0.05) is 36.4 Å². The molecule has 9 nitrogen and oxygen atoms in total. The van der Waals surface area contributed by atoms with Gasteiger partial charge in [-0.2, -0.15) is 0 Å². The van der Waals surface area contributed by atoms with Crippen molar-refractivity contribution in [1.82, 2.24) is 20.3 Å². The number of carbonyl (C=O) groups excluding carboxylic acids is 2. The van der Waals surface area contributed by atoms with E-state index in [1.165, 1.54) is 18.2 Å². The first-order chi connectivity index (χ1) is 23.8. The Kier molecular flexibility index (Phi) is 8.76. The molecule has 1 aliphatic heterocycles. The highest BCUT2D eigenvalue weighted by Gasteiger charge is 2.26. The molecule has 1 atom stereocenters. The Morgan fingerprint density at radius 2 is 1.65 bits per heavy atom. The molecule has 1 unspecified atom stereocenters. The number of aromatic nitrogens is 3. The summed E-state index contributed by atoms with van der Waals surface area (Å²) in [6.45, 7) is 3.31. The van der Waals surface area contributed by atoms with E-state index in [0.717, 1.165) is 40.7 Å². The van der Waals surface area contributed by atoms with Gasteiger partial charge in [-0.3, -0.25) is 9.59 Å². The first kappa shape index (κ1) is 31.6. The van der Waals surface area contributed by atoms with Crippen LogP contribution in [0.15, 0.2) is 109 Å². The zero-order valence-electron chi connectivity index (χ0n) is 26.9. The van der Waals surface area contributed by atoms with Gasteiger partial charge in [0.15, 0.2) is 5.82 Å². The third-order valence-electron chi connectivity index (χ3n) is 8.95. The van der Waals surface area contributed by atoms with E-state index in [0.29, 0.717) is 35.7 Å². The summed E-state index contributed by atoms with van der Waals surface area (Å²) in [5.41, 5.74) is 5.23. The summed E-state index contributed by atoms with van der Waals surface area (Å²) in [7, 11) is 0. The number of H-pyrrole nitrogens is 1. The molecule has 246 valence electrons. The quantitative estimate of drug-likeness (QED) is 0.138. The highest BCUT2D eigenvalue weighted by Crippen LogP contribution is 2.32. The van der Waals surface area contributed by atoms with E-state index < -0.39 is 17.8 Å². The maximum atomic E-state index is 14.4. The Labute approximate surface area is 282 Å². The molecule has 3 heterocycles. The minimum Gasteiger partial charge on any atom is -0.508 e. The van der Waals surface area contributed by atoms with Gasteiger partial charge in [0.1, 0.15) is 11.6 Å². The molecule has 0 saturated carbocycles. The van der Waals surface area contributed by atoms with Gasteiger partial charge in [-0.15, -0.1) is 0 Å². The molecule has 1 aliphatic rings. The van der Waals surface area contributed by atoms with Gasteiger partial charge in [-0.25, -0.2) is 14.4 Å². The Morgan fingerprint density at radius 3 is 2.41 bits per heavy atom. The van der Waals surface area contributed by atoms with Crippen molar-refractivity contribution < 1.29 is 19.1 Å². The SMILES string of the molecule is Cc1cc(C(=O)NC(c2cc3ccccc3[nH]2)c2cc(F)ccc2O)cc(-c2ncc(N3CCC(C(=O)Nc4ccccc4)CC3)cn2)c1. The number of para-hydroxylation sites is 2. The number of carbonyl (C=O) groups is 2. The Balaban J connectivity index is 1.07. The lowest BCUT2D eigenvalue weighted by Gasteiger charge is -2.32. The number of piperidine rings is 1. The summed E-state index contributed by atoms with van der Waals surface area (Å²) < 4.78 is 14.4. The number of rotatable bonds is 8. The number of hydrogen-bond donors (Lipinski definition) is 4. The number of nitrogens with one attached hydrogen (secondary N) is 3. The number of hydrogen-bond acceptors (Lipinski definition) is 6. The van der Waals surface area contributed by atoms with Crippen molar-refractivity contribution in [2.45, 2.75) is 25.8 Å². The molecule has 4 aromatic carbocycles. The number of aryl methyl sites for hydroxylation is 1. The summed E-state index contributed by atoms with van der Waals surface area (Å²) in [6.07, 6.45) is 4.99. The fraction of sp³-hybridized carbons (Fsp3) is 0.179. The second kappa shape index (κ2) is 13.6. The number of fused-ring (bicyclic) bond motifs is 1. The summed E-state index contributed by atoms with van der Waals surface area (Å²) in [5, 5.41) is 17.6. The summed E-state index contributed by atoms with van der Waals surface area (Å²) in [6, 6.07) is 27.2. The predicted octanol–water partition coefficient (Wildman–Crippen LogP) is 7.15. The standard InChI is InChI=1S/C39H35FN6O3/c1-24-17-27(37-41-22-31(23-42-37)46-15-13-25(14-16-46)38(48)43-30-8-3-2-4-9-30)19-28(18-24)39(49)45-36(32-21-29(40)11-12-35(32)47)34-20-26-7-5-6-10-33(26)44-34/h2-12,17-23,25,36,44,47H,13-16H2,1H3,(H,43,48)(H,45,49). The maximum absolute atomic E-state index is 14.4. The fourth-order valence-electron chi connectivity index (χ4n) is 6.39. The van der Waals surface area contributed by atoms with Crippen LogP contribution in [0.4, 0.5) is 15.8 Å². The number of anilines is 2. The third-order valence-corrected chi connectivity index (χ3v) is 8.95. The highest BCUT2D eigenvalue weighted by atomic mass is 19.1. The molecule has 2 amide bonds. The lowest BCUT2D eigenvalue weighted by molar-refractivity contribution is -0.120. The van der Waals surface area contributed by atoms with Gasteiger partial charge in [0.05, 0.1) is 24.1 Å². The molecular formula is C39H35FN6O3. The number of amides is 2.